The molecule has 1 fully saturated rings. The first-order chi connectivity index (χ1) is 14.1. The molecule has 0 saturated carbocycles. The Hall–Kier alpha value is -2.86. The summed E-state index contributed by atoms with van der Waals surface area (Å²) in [6.07, 6.45) is 1.61. The molecule has 0 bridgehead atoms. The van der Waals surface area contributed by atoms with Crippen molar-refractivity contribution < 1.29 is 14.0 Å². The molecule has 1 N–H and O–H groups in total. The van der Waals surface area contributed by atoms with Crippen molar-refractivity contribution in [3.05, 3.63) is 82.2 Å². The second-order valence-electron chi connectivity index (χ2n) is 7.06. The predicted molar refractivity (Wildman–Crippen MR) is 114 cm³/mol. The Kier molecular flexibility index (Phi) is 5.81. The lowest BCUT2D eigenvalue weighted by Crippen LogP contribution is -2.23. The van der Waals surface area contributed by atoms with Crippen molar-refractivity contribution in [1.29, 1.82) is 0 Å². The topological polar surface area (TPSA) is 62.6 Å². The van der Waals surface area contributed by atoms with E-state index in [2.05, 4.69) is 45.5 Å². The standard InChI is InChI=1S/C23H21BrN2O3/c24-21-12-11-20(29-21)23(28)25-14-18-4-1-2-5-19(18)17-9-7-16(8-10-17)15-26-13-3-6-22(26)27/h1-2,4-5,7-12H,3,6,13-15H2,(H,25,28). The number of hydrogen-bond donors (Lipinski definition) is 1. The Morgan fingerprint density at radius 1 is 1.07 bits per heavy atom. The first-order valence-corrected chi connectivity index (χ1v) is 10.4. The molecule has 6 heteroatoms. The minimum atomic E-state index is -0.254. The quantitative estimate of drug-likeness (QED) is 0.586. The lowest BCUT2D eigenvalue weighted by Gasteiger charge is -2.16. The Bertz CT molecular complexity index is 1030. The summed E-state index contributed by atoms with van der Waals surface area (Å²) in [4.78, 5) is 26.0. The molecule has 2 heterocycles. The van der Waals surface area contributed by atoms with E-state index in [-0.39, 0.29) is 17.6 Å². The third-order valence-corrected chi connectivity index (χ3v) is 5.49. The molecule has 29 heavy (non-hydrogen) atoms. The van der Waals surface area contributed by atoms with Crippen LogP contribution in [-0.4, -0.2) is 23.3 Å². The first-order valence-electron chi connectivity index (χ1n) is 9.59. The molecule has 3 aromatic rings. The van der Waals surface area contributed by atoms with E-state index in [1.54, 1.807) is 12.1 Å². The van der Waals surface area contributed by atoms with Crippen molar-refractivity contribution in [3.63, 3.8) is 0 Å². The molecule has 0 radical (unpaired) electrons. The fourth-order valence-electron chi connectivity index (χ4n) is 3.54. The van der Waals surface area contributed by atoms with Crippen molar-refractivity contribution >= 4 is 27.7 Å². The van der Waals surface area contributed by atoms with Crippen molar-refractivity contribution in [3.8, 4) is 11.1 Å². The predicted octanol–water partition coefficient (Wildman–Crippen LogP) is 4.76. The van der Waals surface area contributed by atoms with Gasteiger partial charge in [0.1, 0.15) is 0 Å². The number of likely N-dealkylation sites (tertiary alicyclic amines) is 1. The van der Waals surface area contributed by atoms with Crippen LogP contribution in [0.25, 0.3) is 11.1 Å². The van der Waals surface area contributed by atoms with Gasteiger partial charge in [-0.25, -0.2) is 0 Å². The van der Waals surface area contributed by atoms with Crippen molar-refractivity contribution in [2.75, 3.05) is 6.54 Å². The largest absolute Gasteiger partial charge is 0.444 e. The zero-order valence-corrected chi connectivity index (χ0v) is 17.4. The number of halogens is 1. The number of nitrogens with zero attached hydrogens (tertiary/aromatic N) is 1. The molecule has 0 atom stereocenters. The van der Waals surface area contributed by atoms with Gasteiger partial charge >= 0.3 is 0 Å². The maximum atomic E-state index is 12.3. The average molecular weight is 453 g/mol. The number of benzene rings is 2. The SMILES string of the molecule is O=C(NCc1ccccc1-c1ccc(CN2CCCC2=O)cc1)c1ccc(Br)o1. The number of rotatable bonds is 6. The van der Waals surface area contributed by atoms with E-state index >= 15 is 0 Å². The van der Waals surface area contributed by atoms with Gasteiger partial charge in [0.2, 0.25) is 5.91 Å². The highest BCUT2D eigenvalue weighted by molar-refractivity contribution is 9.10. The molecule has 0 aliphatic carbocycles. The van der Waals surface area contributed by atoms with Crippen LogP contribution in [0.5, 0.6) is 0 Å². The normalized spacial score (nSPS) is 13.7. The lowest BCUT2D eigenvalue weighted by atomic mass is 9.98. The van der Waals surface area contributed by atoms with E-state index in [1.807, 2.05) is 29.2 Å². The van der Waals surface area contributed by atoms with Crippen molar-refractivity contribution in [1.82, 2.24) is 10.2 Å². The molecule has 4 rings (SSSR count). The summed E-state index contributed by atoms with van der Waals surface area (Å²) >= 11 is 3.21. The summed E-state index contributed by atoms with van der Waals surface area (Å²) < 4.78 is 5.83. The van der Waals surface area contributed by atoms with E-state index in [0.717, 1.165) is 35.2 Å². The second kappa shape index (κ2) is 8.66. The zero-order valence-electron chi connectivity index (χ0n) is 15.9. The van der Waals surface area contributed by atoms with Gasteiger partial charge in [0, 0.05) is 26.1 Å². The Morgan fingerprint density at radius 2 is 1.86 bits per heavy atom. The summed E-state index contributed by atoms with van der Waals surface area (Å²) in [7, 11) is 0. The molecule has 2 amide bonds. The van der Waals surface area contributed by atoms with Gasteiger partial charge in [-0.3, -0.25) is 9.59 Å². The van der Waals surface area contributed by atoms with Crippen LogP contribution in [0.15, 0.2) is 69.8 Å². The molecule has 2 aromatic carbocycles. The smallest absolute Gasteiger partial charge is 0.287 e. The number of furan rings is 1. The molecular weight excluding hydrogens is 432 g/mol. The number of amides is 2. The first kappa shape index (κ1) is 19.5. The van der Waals surface area contributed by atoms with Gasteiger partial charge in [0.05, 0.1) is 0 Å². The fraction of sp³-hybridized carbons (Fsp3) is 0.217. The minimum Gasteiger partial charge on any atom is -0.444 e. The number of hydrogen-bond acceptors (Lipinski definition) is 3. The van der Waals surface area contributed by atoms with E-state index < -0.39 is 0 Å². The fourth-order valence-corrected chi connectivity index (χ4v) is 3.84. The summed E-state index contributed by atoms with van der Waals surface area (Å²) in [6.45, 7) is 1.90. The average Bonchev–Trinajstić information content (AvgIpc) is 3.35. The van der Waals surface area contributed by atoms with Crippen LogP contribution in [0.3, 0.4) is 0 Å². The highest BCUT2D eigenvalue weighted by Gasteiger charge is 2.20. The van der Waals surface area contributed by atoms with Gasteiger partial charge in [0.15, 0.2) is 10.4 Å². The third-order valence-electron chi connectivity index (χ3n) is 5.06. The Balaban J connectivity index is 1.46. The van der Waals surface area contributed by atoms with Crippen LogP contribution in [0.2, 0.25) is 0 Å². The second-order valence-corrected chi connectivity index (χ2v) is 7.84. The van der Waals surface area contributed by atoms with Gasteiger partial charge in [-0.15, -0.1) is 0 Å². The van der Waals surface area contributed by atoms with Crippen LogP contribution in [-0.2, 0) is 17.9 Å². The molecule has 1 saturated heterocycles. The highest BCUT2D eigenvalue weighted by Crippen LogP contribution is 2.25. The molecule has 0 spiro atoms. The highest BCUT2D eigenvalue weighted by atomic mass is 79.9. The van der Waals surface area contributed by atoms with Gasteiger partial charge < -0.3 is 14.6 Å². The minimum absolute atomic E-state index is 0.235. The summed E-state index contributed by atoms with van der Waals surface area (Å²) in [5.74, 6) is 0.255. The van der Waals surface area contributed by atoms with E-state index in [0.29, 0.717) is 24.2 Å². The number of carbonyl (C=O) groups is 2. The molecule has 148 valence electrons. The van der Waals surface area contributed by atoms with Crippen LogP contribution in [0, 0.1) is 0 Å². The third kappa shape index (κ3) is 4.59. The van der Waals surface area contributed by atoms with Gasteiger partial charge in [0.25, 0.3) is 5.91 Å². The van der Waals surface area contributed by atoms with Gasteiger partial charge in [-0.1, -0.05) is 48.5 Å². The summed E-state index contributed by atoms with van der Waals surface area (Å²) in [5.41, 5.74) is 4.29. The van der Waals surface area contributed by atoms with Crippen LogP contribution >= 0.6 is 15.9 Å². The van der Waals surface area contributed by atoms with Gasteiger partial charge in [-0.2, -0.15) is 0 Å². The Morgan fingerprint density at radius 3 is 2.55 bits per heavy atom. The number of carbonyl (C=O) groups excluding carboxylic acids is 2. The molecular formula is C23H21BrN2O3. The molecule has 1 aliphatic rings. The van der Waals surface area contributed by atoms with Crippen LogP contribution < -0.4 is 5.32 Å². The lowest BCUT2D eigenvalue weighted by molar-refractivity contribution is -0.128. The molecule has 5 nitrogen and oxygen atoms in total. The maximum absolute atomic E-state index is 12.3. The Labute approximate surface area is 177 Å². The monoisotopic (exact) mass is 452 g/mol. The van der Waals surface area contributed by atoms with Crippen molar-refractivity contribution in [2.24, 2.45) is 0 Å². The van der Waals surface area contributed by atoms with Gasteiger partial charge in [-0.05, 0) is 56.7 Å². The maximum Gasteiger partial charge on any atom is 0.287 e. The van der Waals surface area contributed by atoms with E-state index in [9.17, 15) is 9.59 Å². The summed E-state index contributed by atoms with van der Waals surface area (Å²) in [6, 6.07) is 19.6. The molecule has 1 aromatic heterocycles. The van der Waals surface area contributed by atoms with E-state index in [1.165, 1.54) is 0 Å². The summed E-state index contributed by atoms with van der Waals surface area (Å²) in [5, 5.41) is 2.91. The molecule has 1 aliphatic heterocycles. The zero-order chi connectivity index (χ0) is 20.2. The van der Waals surface area contributed by atoms with Crippen LogP contribution in [0.4, 0.5) is 0 Å². The van der Waals surface area contributed by atoms with E-state index in [4.69, 9.17) is 4.42 Å². The molecule has 0 unspecified atom stereocenters. The number of nitrogens with one attached hydrogen (secondary N) is 1. The van der Waals surface area contributed by atoms with Crippen molar-refractivity contribution in [2.45, 2.75) is 25.9 Å². The van der Waals surface area contributed by atoms with Crippen LogP contribution in [0.1, 0.15) is 34.5 Å².